The minimum Gasteiger partial charge on any atom is -0.477 e. The van der Waals surface area contributed by atoms with Crippen LogP contribution in [-0.2, 0) is 6.54 Å². The number of hydrogen-bond acceptors (Lipinski definition) is 5. The molecule has 7 heteroatoms. The molecular formula is C14H18N2O5. The van der Waals surface area contributed by atoms with E-state index in [0.29, 0.717) is 12.1 Å². The number of benzene rings is 1. The maximum Gasteiger partial charge on any atom is 0.343 e. The van der Waals surface area contributed by atoms with Crippen LogP contribution < -0.4 is 5.32 Å². The van der Waals surface area contributed by atoms with Crippen molar-refractivity contribution in [1.29, 1.82) is 0 Å². The molecule has 21 heavy (non-hydrogen) atoms. The molecule has 1 aliphatic carbocycles. The predicted molar refractivity (Wildman–Crippen MR) is 75.1 cm³/mol. The Kier molecular flexibility index (Phi) is 4.54. The first-order chi connectivity index (χ1) is 9.99. The average molecular weight is 294 g/mol. The van der Waals surface area contributed by atoms with Crippen LogP contribution in [0.5, 0.6) is 0 Å². The second kappa shape index (κ2) is 6.19. The number of rotatable bonds is 8. The zero-order chi connectivity index (χ0) is 15.5. The topological polar surface area (TPSA) is 113 Å². The first-order valence-electron chi connectivity index (χ1n) is 6.80. The molecule has 0 aliphatic heterocycles. The standard InChI is InChI=1S/C14H18N2O5/c17-7-6-14(4-5-14)9-15-8-10-2-1-3-11(16(20)21)12(10)13(18)19/h1-3,15,17H,4-9H2,(H,18,19). The van der Waals surface area contributed by atoms with Crippen LogP contribution in [-0.4, -0.2) is 34.3 Å². The lowest BCUT2D eigenvalue weighted by Crippen LogP contribution is -2.25. The molecule has 0 amide bonds. The Morgan fingerprint density at radius 2 is 2.14 bits per heavy atom. The van der Waals surface area contributed by atoms with Gasteiger partial charge in [-0.1, -0.05) is 12.1 Å². The van der Waals surface area contributed by atoms with Crippen molar-refractivity contribution in [3.8, 4) is 0 Å². The number of carboxylic acid groups (broad SMARTS) is 1. The quantitative estimate of drug-likeness (QED) is 0.495. The van der Waals surface area contributed by atoms with E-state index in [9.17, 15) is 20.0 Å². The summed E-state index contributed by atoms with van der Waals surface area (Å²) in [5, 5.41) is 32.2. The Bertz CT molecular complexity index is 554. The third-order valence-electron chi connectivity index (χ3n) is 3.95. The molecule has 0 heterocycles. The number of nitro groups is 1. The third-order valence-corrected chi connectivity index (χ3v) is 3.95. The maximum absolute atomic E-state index is 11.3. The molecule has 1 aromatic rings. The molecule has 0 bridgehead atoms. The molecular weight excluding hydrogens is 276 g/mol. The van der Waals surface area contributed by atoms with Gasteiger partial charge in [-0.2, -0.15) is 0 Å². The van der Waals surface area contributed by atoms with Crippen LogP contribution in [0, 0.1) is 15.5 Å². The Morgan fingerprint density at radius 1 is 1.43 bits per heavy atom. The van der Waals surface area contributed by atoms with Crippen molar-refractivity contribution in [3.05, 3.63) is 39.4 Å². The van der Waals surface area contributed by atoms with E-state index >= 15 is 0 Å². The fourth-order valence-corrected chi connectivity index (χ4v) is 2.52. The highest BCUT2D eigenvalue weighted by molar-refractivity contribution is 5.94. The smallest absolute Gasteiger partial charge is 0.343 e. The number of nitrogens with one attached hydrogen (secondary N) is 1. The van der Waals surface area contributed by atoms with Crippen LogP contribution in [0.25, 0.3) is 0 Å². The van der Waals surface area contributed by atoms with Gasteiger partial charge < -0.3 is 15.5 Å². The second-order valence-electron chi connectivity index (χ2n) is 5.45. The second-order valence-corrected chi connectivity index (χ2v) is 5.45. The van der Waals surface area contributed by atoms with Crippen molar-refractivity contribution in [3.63, 3.8) is 0 Å². The molecule has 0 atom stereocenters. The van der Waals surface area contributed by atoms with E-state index in [2.05, 4.69) is 5.32 Å². The van der Waals surface area contributed by atoms with E-state index in [1.54, 1.807) is 6.07 Å². The highest BCUT2D eigenvalue weighted by Crippen LogP contribution is 2.47. The molecule has 0 radical (unpaired) electrons. The van der Waals surface area contributed by atoms with E-state index < -0.39 is 16.6 Å². The molecule has 1 saturated carbocycles. The fourth-order valence-electron chi connectivity index (χ4n) is 2.52. The van der Waals surface area contributed by atoms with Crippen LogP contribution in [0.15, 0.2) is 18.2 Å². The van der Waals surface area contributed by atoms with Gasteiger partial charge in [-0.25, -0.2) is 4.79 Å². The van der Waals surface area contributed by atoms with E-state index in [4.69, 9.17) is 5.11 Å². The number of nitro benzene ring substituents is 1. The average Bonchev–Trinajstić information content (AvgIpc) is 3.18. The SMILES string of the molecule is O=C(O)c1c(CNCC2(CCO)CC2)cccc1[N+](=O)[O-]. The predicted octanol–water partition coefficient (Wildman–Crippen LogP) is 1.55. The van der Waals surface area contributed by atoms with Gasteiger partial charge in [0.15, 0.2) is 0 Å². The monoisotopic (exact) mass is 294 g/mol. The molecule has 1 aliphatic rings. The molecule has 0 spiro atoms. The van der Waals surface area contributed by atoms with Crippen LogP contribution in [0.1, 0.15) is 35.2 Å². The van der Waals surface area contributed by atoms with Gasteiger partial charge in [0.1, 0.15) is 5.56 Å². The fraction of sp³-hybridized carbons (Fsp3) is 0.500. The summed E-state index contributed by atoms with van der Waals surface area (Å²) >= 11 is 0. The van der Waals surface area contributed by atoms with Gasteiger partial charge in [-0.3, -0.25) is 10.1 Å². The van der Waals surface area contributed by atoms with Gasteiger partial charge >= 0.3 is 5.97 Å². The Hall–Kier alpha value is -1.99. The molecule has 0 unspecified atom stereocenters. The van der Waals surface area contributed by atoms with Crippen LogP contribution >= 0.6 is 0 Å². The summed E-state index contributed by atoms with van der Waals surface area (Å²) in [5.74, 6) is -1.30. The highest BCUT2D eigenvalue weighted by atomic mass is 16.6. The first-order valence-corrected chi connectivity index (χ1v) is 6.80. The van der Waals surface area contributed by atoms with E-state index in [0.717, 1.165) is 19.3 Å². The highest BCUT2D eigenvalue weighted by Gasteiger charge is 2.41. The lowest BCUT2D eigenvalue weighted by atomic mass is 10.0. The van der Waals surface area contributed by atoms with Gasteiger partial charge in [-0.15, -0.1) is 0 Å². The van der Waals surface area contributed by atoms with E-state index in [-0.39, 0.29) is 24.1 Å². The Balaban J connectivity index is 2.08. The number of aliphatic hydroxyl groups excluding tert-OH is 1. The van der Waals surface area contributed by atoms with Crippen LogP contribution in [0.2, 0.25) is 0 Å². The van der Waals surface area contributed by atoms with Crippen LogP contribution in [0.3, 0.4) is 0 Å². The van der Waals surface area contributed by atoms with E-state index in [1.165, 1.54) is 12.1 Å². The third kappa shape index (κ3) is 3.56. The molecule has 7 nitrogen and oxygen atoms in total. The number of hydrogen-bond donors (Lipinski definition) is 3. The normalized spacial score (nSPS) is 15.7. The molecule has 114 valence electrons. The first kappa shape index (κ1) is 15.4. The molecule has 0 saturated heterocycles. The Labute approximate surface area is 121 Å². The molecule has 0 aromatic heterocycles. The number of nitrogens with zero attached hydrogens (tertiary/aromatic N) is 1. The van der Waals surface area contributed by atoms with Crippen molar-refractivity contribution >= 4 is 11.7 Å². The summed E-state index contributed by atoms with van der Waals surface area (Å²) in [4.78, 5) is 21.5. The number of carboxylic acids is 1. The van der Waals surface area contributed by atoms with Crippen molar-refractivity contribution in [2.24, 2.45) is 5.41 Å². The summed E-state index contributed by atoms with van der Waals surface area (Å²) < 4.78 is 0. The zero-order valence-electron chi connectivity index (χ0n) is 11.5. The van der Waals surface area contributed by atoms with Crippen molar-refractivity contribution in [2.75, 3.05) is 13.2 Å². The lowest BCUT2D eigenvalue weighted by molar-refractivity contribution is -0.385. The molecule has 1 fully saturated rings. The van der Waals surface area contributed by atoms with Gasteiger partial charge in [-0.05, 0) is 30.2 Å². The molecule has 3 N–H and O–H groups in total. The van der Waals surface area contributed by atoms with Gasteiger partial charge in [0, 0.05) is 25.8 Å². The summed E-state index contributed by atoms with van der Waals surface area (Å²) in [6.07, 6.45) is 2.81. The van der Waals surface area contributed by atoms with Crippen molar-refractivity contribution in [2.45, 2.75) is 25.8 Å². The summed E-state index contributed by atoms with van der Waals surface area (Å²) in [7, 11) is 0. The largest absolute Gasteiger partial charge is 0.477 e. The van der Waals surface area contributed by atoms with Gasteiger partial charge in [0.05, 0.1) is 4.92 Å². The number of carbonyl (C=O) groups is 1. The zero-order valence-corrected chi connectivity index (χ0v) is 11.5. The Morgan fingerprint density at radius 3 is 2.67 bits per heavy atom. The van der Waals surface area contributed by atoms with Gasteiger partial charge in [0.2, 0.25) is 0 Å². The number of aromatic carboxylic acids is 1. The summed E-state index contributed by atoms with van der Waals surface area (Å²) in [6.45, 7) is 1.07. The number of aliphatic hydroxyl groups is 1. The minimum atomic E-state index is -1.30. The lowest BCUT2D eigenvalue weighted by Gasteiger charge is -2.15. The van der Waals surface area contributed by atoms with Gasteiger partial charge in [0.25, 0.3) is 5.69 Å². The van der Waals surface area contributed by atoms with Crippen molar-refractivity contribution < 1.29 is 19.9 Å². The van der Waals surface area contributed by atoms with E-state index in [1.807, 2.05) is 0 Å². The van der Waals surface area contributed by atoms with Crippen LogP contribution in [0.4, 0.5) is 5.69 Å². The minimum absolute atomic E-state index is 0.110. The maximum atomic E-state index is 11.3. The molecule has 2 rings (SSSR count). The molecule has 1 aromatic carbocycles. The summed E-state index contributed by atoms with van der Waals surface area (Å²) in [5.41, 5.74) is -0.143. The summed E-state index contributed by atoms with van der Waals surface area (Å²) in [6, 6.07) is 4.26. The van der Waals surface area contributed by atoms with Crippen molar-refractivity contribution in [1.82, 2.24) is 5.32 Å².